The van der Waals surface area contributed by atoms with Crippen LogP contribution in [0.15, 0.2) is 24.3 Å². The van der Waals surface area contributed by atoms with Gasteiger partial charge in [-0.2, -0.15) is 0 Å². The van der Waals surface area contributed by atoms with Gasteiger partial charge in [-0.1, -0.05) is 13.8 Å². The molecule has 5 heteroatoms. The molecule has 0 saturated heterocycles. The predicted molar refractivity (Wildman–Crippen MR) is 68.7 cm³/mol. The summed E-state index contributed by atoms with van der Waals surface area (Å²) in [6, 6.07) is 5.76. The molecule has 0 aromatic heterocycles. The van der Waals surface area contributed by atoms with Gasteiger partial charge in [-0.05, 0) is 30.2 Å². The first-order chi connectivity index (χ1) is 8.42. The molecular formula is C13H19FN2O2. The largest absolute Gasteiger partial charge is 0.382 e. The van der Waals surface area contributed by atoms with Gasteiger partial charge in [0.1, 0.15) is 11.4 Å². The van der Waals surface area contributed by atoms with E-state index in [1.807, 2.05) is 13.8 Å². The van der Waals surface area contributed by atoms with Gasteiger partial charge in [-0.3, -0.25) is 4.79 Å². The number of nitrogens with one attached hydrogen (secondary N) is 1. The predicted octanol–water partition coefficient (Wildman–Crippen LogP) is 1.76. The van der Waals surface area contributed by atoms with Crippen LogP contribution in [0.5, 0.6) is 0 Å². The van der Waals surface area contributed by atoms with Crippen molar-refractivity contribution in [3.8, 4) is 0 Å². The van der Waals surface area contributed by atoms with E-state index >= 15 is 0 Å². The summed E-state index contributed by atoms with van der Waals surface area (Å²) in [5, 5.41) is 3.05. The fraction of sp³-hybridized carbons (Fsp3) is 0.462. The lowest BCUT2D eigenvalue weighted by atomic mass is 9.86. The van der Waals surface area contributed by atoms with Crippen molar-refractivity contribution in [1.82, 2.24) is 0 Å². The average Bonchev–Trinajstić information content (AvgIpc) is 2.30. The zero-order valence-corrected chi connectivity index (χ0v) is 10.9. The molecule has 1 unspecified atom stereocenters. The Morgan fingerprint density at radius 2 is 2.00 bits per heavy atom. The van der Waals surface area contributed by atoms with Crippen LogP contribution >= 0.6 is 0 Å². The summed E-state index contributed by atoms with van der Waals surface area (Å²) in [4.78, 5) is 11.7. The molecule has 1 aromatic carbocycles. The van der Waals surface area contributed by atoms with Crippen molar-refractivity contribution in [3.63, 3.8) is 0 Å². The Labute approximate surface area is 106 Å². The topological polar surface area (TPSA) is 64.3 Å². The highest BCUT2D eigenvalue weighted by molar-refractivity contribution is 5.88. The van der Waals surface area contributed by atoms with Crippen LogP contribution in [0.1, 0.15) is 13.8 Å². The Bertz CT molecular complexity index is 406. The summed E-state index contributed by atoms with van der Waals surface area (Å²) >= 11 is 0. The van der Waals surface area contributed by atoms with Crippen LogP contribution in [0.25, 0.3) is 0 Å². The van der Waals surface area contributed by atoms with Gasteiger partial charge >= 0.3 is 0 Å². The lowest BCUT2D eigenvalue weighted by Crippen LogP contribution is -2.57. The van der Waals surface area contributed by atoms with Gasteiger partial charge in [-0.15, -0.1) is 0 Å². The average molecular weight is 254 g/mol. The molecule has 0 heterocycles. The minimum atomic E-state index is -1.01. The first-order valence-corrected chi connectivity index (χ1v) is 5.75. The monoisotopic (exact) mass is 254 g/mol. The maximum absolute atomic E-state index is 12.8. The minimum absolute atomic E-state index is 0.0694. The number of rotatable bonds is 6. The maximum atomic E-state index is 12.8. The quantitative estimate of drug-likeness (QED) is 0.813. The number of anilines is 1. The number of halogens is 1. The van der Waals surface area contributed by atoms with Crippen molar-refractivity contribution in [2.24, 2.45) is 11.7 Å². The van der Waals surface area contributed by atoms with E-state index in [0.717, 1.165) is 0 Å². The first kappa shape index (κ1) is 14.4. The SMILES string of the molecule is COCC(Nc1ccc(F)cc1)(C(N)=O)C(C)C. The Morgan fingerprint density at radius 3 is 2.39 bits per heavy atom. The summed E-state index contributed by atoms with van der Waals surface area (Å²) in [6.07, 6.45) is 0. The molecule has 100 valence electrons. The molecule has 0 aliphatic rings. The van der Waals surface area contributed by atoms with Crippen molar-refractivity contribution < 1.29 is 13.9 Å². The van der Waals surface area contributed by atoms with E-state index in [1.54, 1.807) is 12.1 Å². The Hall–Kier alpha value is -1.62. The number of nitrogens with two attached hydrogens (primary N) is 1. The Kier molecular flexibility index (Phi) is 4.67. The van der Waals surface area contributed by atoms with Gasteiger partial charge in [-0.25, -0.2) is 4.39 Å². The number of primary amides is 1. The molecule has 0 fully saturated rings. The van der Waals surface area contributed by atoms with Crippen LogP contribution < -0.4 is 11.1 Å². The Morgan fingerprint density at radius 1 is 1.44 bits per heavy atom. The summed E-state index contributed by atoms with van der Waals surface area (Å²) in [6.45, 7) is 3.90. The smallest absolute Gasteiger partial charge is 0.245 e. The molecule has 0 bridgehead atoms. The molecule has 1 rings (SSSR count). The van der Waals surface area contributed by atoms with Crippen molar-refractivity contribution in [2.75, 3.05) is 19.0 Å². The number of hydrogen-bond acceptors (Lipinski definition) is 3. The number of amides is 1. The summed E-state index contributed by atoms with van der Waals surface area (Å²) < 4.78 is 17.9. The molecular weight excluding hydrogens is 235 g/mol. The summed E-state index contributed by atoms with van der Waals surface area (Å²) in [7, 11) is 1.51. The maximum Gasteiger partial charge on any atom is 0.245 e. The molecule has 0 aliphatic carbocycles. The molecule has 1 aromatic rings. The minimum Gasteiger partial charge on any atom is -0.382 e. The van der Waals surface area contributed by atoms with Crippen LogP contribution in [0.4, 0.5) is 10.1 Å². The second kappa shape index (κ2) is 5.82. The summed E-state index contributed by atoms with van der Waals surface area (Å²) in [5.74, 6) is -0.898. The molecule has 1 amide bonds. The summed E-state index contributed by atoms with van der Waals surface area (Å²) in [5.41, 5.74) is 5.10. The third kappa shape index (κ3) is 2.98. The number of benzene rings is 1. The van der Waals surface area contributed by atoms with E-state index in [1.165, 1.54) is 19.2 Å². The lowest BCUT2D eigenvalue weighted by molar-refractivity contribution is -0.125. The highest BCUT2D eigenvalue weighted by Gasteiger charge is 2.40. The van der Waals surface area contributed by atoms with Crippen molar-refractivity contribution in [3.05, 3.63) is 30.1 Å². The highest BCUT2D eigenvalue weighted by atomic mass is 19.1. The molecule has 0 radical (unpaired) electrons. The molecule has 3 N–H and O–H groups in total. The third-order valence-electron chi connectivity index (χ3n) is 3.01. The number of hydrogen-bond donors (Lipinski definition) is 2. The Balaban J connectivity index is 3.03. The van der Waals surface area contributed by atoms with E-state index in [2.05, 4.69) is 5.32 Å². The van der Waals surface area contributed by atoms with E-state index in [0.29, 0.717) is 5.69 Å². The van der Waals surface area contributed by atoms with Crippen LogP contribution in [-0.2, 0) is 9.53 Å². The van der Waals surface area contributed by atoms with E-state index in [4.69, 9.17) is 10.5 Å². The van der Waals surface area contributed by atoms with Crippen LogP contribution in [0.3, 0.4) is 0 Å². The zero-order chi connectivity index (χ0) is 13.8. The van der Waals surface area contributed by atoms with Crippen molar-refractivity contribution in [2.45, 2.75) is 19.4 Å². The van der Waals surface area contributed by atoms with Crippen LogP contribution in [0.2, 0.25) is 0 Å². The fourth-order valence-corrected chi connectivity index (χ4v) is 1.78. The van der Waals surface area contributed by atoms with Gasteiger partial charge in [0.05, 0.1) is 6.61 Å². The lowest BCUT2D eigenvalue weighted by Gasteiger charge is -2.35. The van der Waals surface area contributed by atoms with Crippen LogP contribution in [-0.4, -0.2) is 25.2 Å². The fourth-order valence-electron chi connectivity index (χ4n) is 1.78. The van der Waals surface area contributed by atoms with Crippen molar-refractivity contribution >= 4 is 11.6 Å². The molecule has 1 atom stereocenters. The van der Waals surface area contributed by atoms with E-state index in [-0.39, 0.29) is 18.3 Å². The number of carbonyl (C=O) groups is 1. The second-order valence-corrected chi connectivity index (χ2v) is 4.56. The van der Waals surface area contributed by atoms with Gasteiger partial charge in [0, 0.05) is 12.8 Å². The number of methoxy groups -OCH3 is 1. The van der Waals surface area contributed by atoms with Gasteiger partial charge in [0.2, 0.25) is 5.91 Å². The normalized spacial score (nSPS) is 14.3. The van der Waals surface area contributed by atoms with E-state index < -0.39 is 11.4 Å². The number of carbonyl (C=O) groups excluding carboxylic acids is 1. The molecule has 0 saturated carbocycles. The standard InChI is InChI=1S/C13H19FN2O2/c1-9(2)13(8-18-3,12(15)17)16-11-6-4-10(14)5-7-11/h4-7,9,16H,8H2,1-3H3,(H2,15,17). The van der Waals surface area contributed by atoms with Gasteiger partial charge in [0.25, 0.3) is 0 Å². The first-order valence-electron chi connectivity index (χ1n) is 5.75. The molecule has 4 nitrogen and oxygen atoms in total. The number of ether oxygens (including phenoxy) is 1. The van der Waals surface area contributed by atoms with Crippen molar-refractivity contribution in [1.29, 1.82) is 0 Å². The second-order valence-electron chi connectivity index (χ2n) is 4.56. The van der Waals surface area contributed by atoms with Crippen LogP contribution in [0, 0.1) is 11.7 Å². The molecule has 0 spiro atoms. The highest BCUT2D eigenvalue weighted by Crippen LogP contribution is 2.24. The van der Waals surface area contributed by atoms with Gasteiger partial charge < -0.3 is 15.8 Å². The molecule has 18 heavy (non-hydrogen) atoms. The van der Waals surface area contributed by atoms with Gasteiger partial charge in [0.15, 0.2) is 0 Å². The van der Waals surface area contributed by atoms with E-state index in [9.17, 15) is 9.18 Å². The third-order valence-corrected chi connectivity index (χ3v) is 3.01. The molecule has 0 aliphatic heterocycles. The zero-order valence-electron chi connectivity index (χ0n) is 10.9.